The zero-order valence-corrected chi connectivity index (χ0v) is 19.9. The van der Waals surface area contributed by atoms with Crippen molar-refractivity contribution in [1.82, 2.24) is 0 Å². The van der Waals surface area contributed by atoms with Crippen molar-refractivity contribution in [2.24, 2.45) is 0 Å². The van der Waals surface area contributed by atoms with E-state index >= 15 is 0 Å². The highest BCUT2D eigenvalue weighted by molar-refractivity contribution is 7.92. The number of halogens is 2. The highest BCUT2D eigenvalue weighted by atomic mass is 35.5. The summed E-state index contributed by atoms with van der Waals surface area (Å²) in [5, 5.41) is 3.49. The Morgan fingerprint density at radius 2 is 1.55 bits per heavy atom. The quantitative estimate of drug-likeness (QED) is 0.427. The number of sulfonamides is 1. The number of benzene rings is 3. The smallest absolute Gasteiger partial charge is 0.262 e. The second kappa shape index (κ2) is 10.7. The molecule has 0 aromatic heterocycles. The third-order valence-electron chi connectivity index (χ3n) is 4.35. The van der Waals surface area contributed by atoms with Crippen LogP contribution in [-0.2, 0) is 14.8 Å². The summed E-state index contributed by atoms with van der Waals surface area (Å²) in [6.45, 7) is -0.316. The fourth-order valence-corrected chi connectivity index (χ4v) is 4.16. The first-order valence-corrected chi connectivity index (χ1v) is 11.7. The number of nitrogens with one attached hydrogen (secondary N) is 2. The average Bonchev–Trinajstić information content (AvgIpc) is 2.80. The Balaban J connectivity index is 1.61. The van der Waals surface area contributed by atoms with Crippen molar-refractivity contribution in [3.63, 3.8) is 0 Å². The number of ether oxygens (including phenoxy) is 3. The monoisotopic (exact) mass is 510 g/mol. The molecular weight excluding hydrogens is 491 g/mol. The molecule has 0 fully saturated rings. The van der Waals surface area contributed by atoms with E-state index in [0.29, 0.717) is 38.7 Å². The second-order valence-electron chi connectivity index (χ2n) is 6.61. The van der Waals surface area contributed by atoms with Crippen LogP contribution in [0.2, 0.25) is 10.0 Å². The zero-order chi connectivity index (χ0) is 24.0. The molecular formula is C22H20Cl2N2O6S. The molecule has 0 spiro atoms. The van der Waals surface area contributed by atoms with Gasteiger partial charge >= 0.3 is 0 Å². The van der Waals surface area contributed by atoms with Gasteiger partial charge in [-0.3, -0.25) is 9.52 Å². The summed E-state index contributed by atoms with van der Waals surface area (Å²) in [6.07, 6.45) is 0. The lowest BCUT2D eigenvalue weighted by Crippen LogP contribution is -2.20. The van der Waals surface area contributed by atoms with E-state index in [1.54, 1.807) is 24.3 Å². The van der Waals surface area contributed by atoms with Crippen molar-refractivity contribution < 1.29 is 27.4 Å². The minimum atomic E-state index is -3.80. The van der Waals surface area contributed by atoms with Gasteiger partial charge < -0.3 is 19.5 Å². The maximum Gasteiger partial charge on any atom is 0.262 e. The van der Waals surface area contributed by atoms with Gasteiger partial charge in [-0.05, 0) is 48.5 Å². The molecule has 3 aromatic carbocycles. The van der Waals surface area contributed by atoms with E-state index in [2.05, 4.69) is 10.0 Å². The first kappa shape index (κ1) is 24.5. The Bertz CT molecular complexity index is 1230. The van der Waals surface area contributed by atoms with Crippen molar-refractivity contribution in [2.45, 2.75) is 4.90 Å². The first-order valence-electron chi connectivity index (χ1n) is 9.44. The predicted molar refractivity (Wildman–Crippen MR) is 127 cm³/mol. The van der Waals surface area contributed by atoms with Crippen LogP contribution in [0.3, 0.4) is 0 Å². The van der Waals surface area contributed by atoms with E-state index in [9.17, 15) is 13.2 Å². The van der Waals surface area contributed by atoms with Crippen molar-refractivity contribution in [2.75, 3.05) is 30.9 Å². The lowest BCUT2D eigenvalue weighted by atomic mass is 10.2. The summed E-state index contributed by atoms with van der Waals surface area (Å²) in [4.78, 5) is 12.3. The van der Waals surface area contributed by atoms with E-state index in [4.69, 9.17) is 37.4 Å². The zero-order valence-electron chi connectivity index (χ0n) is 17.6. The van der Waals surface area contributed by atoms with Gasteiger partial charge in [-0.2, -0.15) is 0 Å². The van der Waals surface area contributed by atoms with Crippen LogP contribution in [-0.4, -0.2) is 35.2 Å². The van der Waals surface area contributed by atoms with Crippen LogP contribution in [0.15, 0.2) is 65.6 Å². The Hall–Kier alpha value is -3.14. The summed E-state index contributed by atoms with van der Waals surface area (Å²) in [5.41, 5.74) is 0.743. The number of carbonyl (C=O) groups excluding carboxylic acids is 1. The van der Waals surface area contributed by atoms with Crippen LogP contribution in [0.5, 0.6) is 17.2 Å². The van der Waals surface area contributed by atoms with Gasteiger partial charge in [0.25, 0.3) is 15.9 Å². The highest BCUT2D eigenvalue weighted by Gasteiger charge is 2.15. The normalized spacial score (nSPS) is 10.9. The predicted octanol–water partition coefficient (Wildman–Crippen LogP) is 4.83. The molecule has 0 heterocycles. The van der Waals surface area contributed by atoms with Crippen molar-refractivity contribution in [1.29, 1.82) is 0 Å². The third kappa shape index (κ3) is 6.44. The van der Waals surface area contributed by atoms with Gasteiger partial charge in [-0.1, -0.05) is 23.2 Å². The molecule has 2 N–H and O–H groups in total. The number of methoxy groups -OCH3 is 2. The molecule has 0 unspecified atom stereocenters. The number of anilines is 2. The van der Waals surface area contributed by atoms with Gasteiger partial charge in [0.1, 0.15) is 17.2 Å². The minimum absolute atomic E-state index is 0.0345. The third-order valence-corrected chi connectivity index (χ3v) is 6.29. The molecule has 3 aromatic rings. The van der Waals surface area contributed by atoms with Crippen LogP contribution < -0.4 is 24.2 Å². The Labute approximate surface area is 201 Å². The molecule has 0 aliphatic rings. The Morgan fingerprint density at radius 1 is 0.909 bits per heavy atom. The van der Waals surface area contributed by atoms with Gasteiger partial charge in [0.2, 0.25) is 0 Å². The van der Waals surface area contributed by atoms with Crippen LogP contribution >= 0.6 is 23.2 Å². The Morgan fingerprint density at radius 3 is 2.15 bits per heavy atom. The molecule has 0 atom stereocenters. The van der Waals surface area contributed by atoms with Crippen molar-refractivity contribution in [3.05, 3.63) is 70.7 Å². The van der Waals surface area contributed by atoms with Gasteiger partial charge in [0, 0.05) is 22.8 Å². The largest absolute Gasteiger partial charge is 0.495 e. The van der Waals surface area contributed by atoms with Crippen LogP contribution in [0.4, 0.5) is 11.4 Å². The van der Waals surface area contributed by atoms with Gasteiger partial charge in [-0.15, -0.1) is 0 Å². The van der Waals surface area contributed by atoms with E-state index in [-0.39, 0.29) is 11.5 Å². The molecule has 0 aliphatic carbocycles. The first-order chi connectivity index (χ1) is 15.7. The van der Waals surface area contributed by atoms with Crippen molar-refractivity contribution in [3.8, 4) is 17.2 Å². The van der Waals surface area contributed by atoms with E-state index < -0.39 is 15.9 Å². The average molecular weight is 511 g/mol. The van der Waals surface area contributed by atoms with Crippen LogP contribution in [0.1, 0.15) is 0 Å². The molecule has 0 bridgehead atoms. The molecule has 0 aliphatic heterocycles. The van der Waals surface area contributed by atoms with Gasteiger partial charge in [0.05, 0.1) is 29.8 Å². The molecule has 0 saturated carbocycles. The molecule has 33 heavy (non-hydrogen) atoms. The molecule has 1 amide bonds. The van der Waals surface area contributed by atoms with Crippen molar-refractivity contribution >= 4 is 50.5 Å². The van der Waals surface area contributed by atoms with Crippen LogP contribution in [0, 0.1) is 0 Å². The lowest BCUT2D eigenvalue weighted by Gasteiger charge is -2.13. The van der Waals surface area contributed by atoms with Crippen LogP contribution in [0.25, 0.3) is 0 Å². The fraction of sp³-hybridized carbons (Fsp3) is 0.136. The second-order valence-corrected chi connectivity index (χ2v) is 9.13. The molecule has 0 saturated heterocycles. The fourth-order valence-electron chi connectivity index (χ4n) is 2.74. The summed E-state index contributed by atoms with van der Waals surface area (Å²) >= 11 is 11.9. The Kier molecular flexibility index (Phi) is 7.91. The van der Waals surface area contributed by atoms with E-state index in [1.807, 2.05) is 0 Å². The number of hydrogen-bond acceptors (Lipinski definition) is 6. The molecule has 174 valence electrons. The lowest BCUT2D eigenvalue weighted by molar-refractivity contribution is -0.118. The molecule has 8 nitrogen and oxygen atoms in total. The van der Waals surface area contributed by atoms with Gasteiger partial charge in [-0.25, -0.2) is 8.42 Å². The summed E-state index contributed by atoms with van der Waals surface area (Å²) in [6, 6.07) is 15.0. The summed E-state index contributed by atoms with van der Waals surface area (Å²) in [5.74, 6) is 0.588. The molecule has 11 heteroatoms. The molecule has 3 rings (SSSR count). The van der Waals surface area contributed by atoms with E-state index in [1.165, 1.54) is 50.6 Å². The minimum Gasteiger partial charge on any atom is -0.495 e. The number of hydrogen-bond donors (Lipinski definition) is 2. The number of rotatable bonds is 9. The molecule has 0 radical (unpaired) electrons. The SMILES string of the molecule is COc1cc(NC(=O)COc2ccc(S(=O)(=O)Nc3ccc(Cl)cc3)cc2)c(OC)cc1Cl. The maximum absolute atomic E-state index is 12.5. The summed E-state index contributed by atoms with van der Waals surface area (Å²) < 4.78 is 43.3. The van der Waals surface area contributed by atoms with E-state index in [0.717, 1.165) is 0 Å². The highest BCUT2D eigenvalue weighted by Crippen LogP contribution is 2.35. The number of amides is 1. The topological polar surface area (TPSA) is 103 Å². The van der Waals surface area contributed by atoms with Gasteiger partial charge in [0.15, 0.2) is 6.61 Å². The summed E-state index contributed by atoms with van der Waals surface area (Å²) in [7, 11) is -0.896. The standard InChI is InChI=1S/C22H20Cl2N2O6S/c1-30-20-12-19(21(31-2)11-18(20)24)25-22(27)13-32-16-7-9-17(10-8-16)33(28,29)26-15-5-3-14(23)4-6-15/h3-12,26H,13H2,1-2H3,(H,25,27). The maximum atomic E-state index is 12.5. The number of carbonyl (C=O) groups is 1.